The van der Waals surface area contributed by atoms with Crippen molar-refractivity contribution in [1.82, 2.24) is 0 Å². The first kappa shape index (κ1) is 9.54. The number of fused-ring (bicyclic) bond motifs is 1. The van der Waals surface area contributed by atoms with Gasteiger partial charge in [0.05, 0.1) is 12.0 Å². The molecule has 1 unspecified atom stereocenters. The van der Waals surface area contributed by atoms with E-state index < -0.39 is 0 Å². The number of hydrogen-bond acceptors (Lipinski definition) is 2. The quantitative estimate of drug-likeness (QED) is 0.763. The van der Waals surface area contributed by atoms with Gasteiger partial charge in [0.2, 0.25) is 0 Å². The third-order valence-corrected chi connectivity index (χ3v) is 2.57. The summed E-state index contributed by atoms with van der Waals surface area (Å²) in [6.07, 6.45) is 0. The number of phenols is 1. The molecule has 0 spiro atoms. The van der Waals surface area contributed by atoms with Crippen LogP contribution in [-0.2, 0) is 0 Å². The van der Waals surface area contributed by atoms with Crippen LogP contribution in [0.4, 0.5) is 0 Å². The largest absolute Gasteiger partial charge is 0.508 e. The highest BCUT2D eigenvalue weighted by molar-refractivity contribution is 5.88. The van der Waals surface area contributed by atoms with Gasteiger partial charge in [-0.25, -0.2) is 0 Å². The van der Waals surface area contributed by atoms with E-state index in [9.17, 15) is 5.11 Å². The molecule has 1 N–H and O–H groups in total. The summed E-state index contributed by atoms with van der Waals surface area (Å²) in [5.41, 5.74) is 0.718. The Balaban J connectivity index is 2.81. The third-order valence-electron chi connectivity index (χ3n) is 2.57. The zero-order valence-electron chi connectivity index (χ0n) is 8.44. The molecule has 2 aromatic carbocycles. The second-order valence-corrected chi connectivity index (χ2v) is 3.57. The van der Waals surface area contributed by atoms with Crippen molar-refractivity contribution in [3.8, 4) is 11.8 Å². The standard InChI is InChI=1S/C13H11NO/c1-9(8-14)13-11-5-3-2-4-10(11)6-7-12(13)15/h2-7,9,15H,1H3. The van der Waals surface area contributed by atoms with Gasteiger partial charge in [-0.3, -0.25) is 0 Å². The molecule has 15 heavy (non-hydrogen) atoms. The summed E-state index contributed by atoms with van der Waals surface area (Å²) in [6, 6.07) is 13.4. The Kier molecular flexibility index (Phi) is 2.31. The van der Waals surface area contributed by atoms with E-state index in [4.69, 9.17) is 5.26 Å². The van der Waals surface area contributed by atoms with Crippen molar-refractivity contribution < 1.29 is 5.11 Å². The van der Waals surface area contributed by atoms with Crippen LogP contribution in [0.3, 0.4) is 0 Å². The molecule has 0 fully saturated rings. The fourth-order valence-corrected chi connectivity index (χ4v) is 1.80. The molecule has 0 aliphatic heterocycles. The molecule has 2 aromatic rings. The lowest BCUT2D eigenvalue weighted by atomic mass is 9.95. The van der Waals surface area contributed by atoms with Gasteiger partial charge >= 0.3 is 0 Å². The maximum Gasteiger partial charge on any atom is 0.120 e. The average molecular weight is 197 g/mol. The van der Waals surface area contributed by atoms with Crippen molar-refractivity contribution in [2.24, 2.45) is 0 Å². The summed E-state index contributed by atoms with van der Waals surface area (Å²) in [5.74, 6) is -0.0983. The zero-order chi connectivity index (χ0) is 10.8. The molecule has 0 amide bonds. The molecule has 2 heteroatoms. The Morgan fingerprint density at radius 2 is 1.93 bits per heavy atom. The minimum absolute atomic E-state index is 0.197. The van der Waals surface area contributed by atoms with E-state index in [-0.39, 0.29) is 11.7 Å². The first-order valence-corrected chi connectivity index (χ1v) is 4.84. The van der Waals surface area contributed by atoms with Gasteiger partial charge in [-0.2, -0.15) is 5.26 Å². The number of phenolic OH excluding ortho intramolecular Hbond substituents is 1. The fraction of sp³-hybridized carbons (Fsp3) is 0.154. The lowest BCUT2D eigenvalue weighted by Crippen LogP contribution is -1.92. The molecule has 0 saturated heterocycles. The molecule has 0 aliphatic carbocycles. The van der Waals surface area contributed by atoms with Crippen LogP contribution in [-0.4, -0.2) is 5.11 Å². The van der Waals surface area contributed by atoms with Crippen molar-refractivity contribution in [2.75, 3.05) is 0 Å². The van der Waals surface area contributed by atoms with E-state index in [0.717, 1.165) is 16.3 Å². The van der Waals surface area contributed by atoms with Crippen molar-refractivity contribution >= 4 is 10.8 Å². The van der Waals surface area contributed by atoms with Gasteiger partial charge in [0.25, 0.3) is 0 Å². The van der Waals surface area contributed by atoms with Crippen molar-refractivity contribution in [3.63, 3.8) is 0 Å². The van der Waals surface area contributed by atoms with Crippen LogP contribution in [0.5, 0.6) is 5.75 Å². The number of aromatic hydroxyl groups is 1. The second-order valence-electron chi connectivity index (χ2n) is 3.57. The molecular formula is C13H11NO. The summed E-state index contributed by atoms with van der Waals surface area (Å²) >= 11 is 0. The molecule has 0 heterocycles. The van der Waals surface area contributed by atoms with E-state index in [0.29, 0.717) is 0 Å². The number of benzene rings is 2. The summed E-state index contributed by atoms with van der Waals surface area (Å²) in [6.45, 7) is 1.79. The zero-order valence-corrected chi connectivity index (χ0v) is 8.44. The molecule has 0 aromatic heterocycles. The smallest absolute Gasteiger partial charge is 0.120 e. The maximum atomic E-state index is 9.76. The van der Waals surface area contributed by atoms with E-state index in [1.165, 1.54) is 0 Å². The number of nitriles is 1. The van der Waals surface area contributed by atoms with Gasteiger partial charge in [0, 0.05) is 5.56 Å². The molecule has 2 rings (SSSR count). The first-order chi connectivity index (χ1) is 7.24. The molecule has 74 valence electrons. The molecule has 0 bridgehead atoms. The summed E-state index contributed by atoms with van der Waals surface area (Å²) in [7, 11) is 0. The molecule has 2 nitrogen and oxygen atoms in total. The van der Waals surface area contributed by atoms with Crippen LogP contribution in [0, 0.1) is 11.3 Å². The van der Waals surface area contributed by atoms with Gasteiger partial charge in [-0.15, -0.1) is 0 Å². The normalized spacial score (nSPS) is 12.3. The van der Waals surface area contributed by atoms with Crippen LogP contribution in [0.15, 0.2) is 36.4 Å². The van der Waals surface area contributed by atoms with Gasteiger partial charge < -0.3 is 5.11 Å². The molecule has 0 aliphatic rings. The molecular weight excluding hydrogens is 186 g/mol. The minimum atomic E-state index is -0.295. The SMILES string of the molecule is CC(C#N)c1c(O)ccc2ccccc12. The van der Waals surface area contributed by atoms with Crippen molar-refractivity contribution in [2.45, 2.75) is 12.8 Å². The van der Waals surface area contributed by atoms with Gasteiger partial charge in [-0.05, 0) is 23.8 Å². The van der Waals surface area contributed by atoms with E-state index >= 15 is 0 Å². The van der Waals surface area contributed by atoms with Crippen molar-refractivity contribution in [3.05, 3.63) is 42.0 Å². The summed E-state index contributed by atoms with van der Waals surface area (Å²) in [5, 5.41) is 20.7. The maximum absolute atomic E-state index is 9.76. The van der Waals surface area contributed by atoms with E-state index in [2.05, 4.69) is 6.07 Å². The number of nitrogens with zero attached hydrogens (tertiary/aromatic N) is 1. The Morgan fingerprint density at radius 3 is 2.67 bits per heavy atom. The van der Waals surface area contributed by atoms with Gasteiger partial charge in [0.1, 0.15) is 5.75 Å². The minimum Gasteiger partial charge on any atom is -0.508 e. The van der Waals surface area contributed by atoms with Crippen LogP contribution < -0.4 is 0 Å². The number of rotatable bonds is 1. The molecule has 1 atom stereocenters. The Hall–Kier alpha value is -2.01. The topological polar surface area (TPSA) is 44.0 Å². The molecule has 0 saturated carbocycles. The van der Waals surface area contributed by atoms with Crippen LogP contribution in [0.1, 0.15) is 18.4 Å². The Bertz CT molecular complexity index is 540. The lowest BCUT2D eigenvalue weighted by Gasteiger charge is -2.10. The van der Waals surface area contributed by atoms with Crippen LogP contribution in [0.2, 0.25) is 0 Å². The average Bonchev–Trinajstić information content (AvgIpc) is 2.28. The highest BCUT2D eigenvalue weighted by atomic mass is 16.3. The van der Waals surface area contributed by atoms with E-state index in [1.807, 2.05) is 30.3 Å². The fourth-order valence-electron chi connectivity index (χ4n) is 1.80. The summed E-state index contributed by atoms with van der Waals surface area (Å²) in [4.78, 5) is 0. The van der Waals surface area contributed by atoms with E-state index in [1.54, 1.807) is 13.0 Å². The Labute approximate surface area is 88.4 Å². The molecule has 0 radical (unpaired) electrons. The summed E-state index contributed by atoms with van der Waals surface area (Å²) < 4.78 is 0. The van der Waals surface area contributed by atoms with Crippen LogP contribution in [0.25, 0.3) is 10.8 Å². The second kappa shape index (κ2) is 3.62. The van der Waals surface area contributed by atoms with Gasteiger partial charge in [-0.1, -0.05) is 30.3 Å². The highest BCUT2D eigenvalue weighted by Crippen LogP contribution is 2.32. The Morgan fingerprint density at radius 1 is 1.20 bits per heavy atom. The van der Waals surface area contributed by atoms with Crippen molar-refractivity contribution in [1.29, 1.82) is 5.26 Å². The monoisotopic (exact) mass is 197 g/mol. The van der Waals surface area contributed by atoms with Crippen LogP contribution >= 0.6 is 0 Å². The predicted molar refractivity (Wildman–Crippen MR) is 59.6 cm³/mol. The number of hydrogen-bond donors (Lipinski definition) is 1. The predicted octanol–water partition coefficient (Wildman–Crippen LogP) is 3.17. The van der Waals surface area contributed by atoms with Gasteiger partial charge in [0.15, 0.2) is 0 Å². The highest BCUT2D eigenvalue weighted by Gasteiger charge is 2.12. The third kappa shape index (κ3) is 1.53. The lowest BCUT2D eigenvalue weighted by molar-refractivity contribution is 0.468. The first-order valence-electron chi connectivity index (χ1n) is 4.84.